The van der Waals surface area contributed by atoms with Gasteiger partial charge in [-0.25, -0.2) is 4.39 Å². The molecule has 3 nitrogen and oxygen atoms in total. The first-order valence-corrected chi connectivity index (χ1v) is 7.31. The molecule has 4 heteroatoms. The van der Waals surface area contributed by atoms with Crippen LogP contribution in [0.5, 0.6) is 0 Å². The van der Waals surface area contributed by atoms with Crippen molar-refractivity contribution in [1.82, 2.24) is 5.32 Å². The van der Waals surface area contributed by atoms with E-state index in [1.54, 1.807) is 19.1 Å². The van der Waals surface area contributed by atoms with E-state index in [4.69, 9.17) is 4.74 Å². The molecule has 1 aromatic rings. The van der Waals surface area contributed by atoms with Gasteiger partial charge in [0.15, 0.2) is 0 Å². The van der Waals surface area contributed by atoms with Crippen LogP contribution in [0.1, 0.15) is 44.3 Å². The van der Waals surface area contributed by atoms with Gasteiger partial charge in [-0.2, -0.15) is 0 Å². The monoisotopic (exact) mass is 277 g/mol. The van der Waals surface area contributed by atoms with Gasteiger partial charge in [0, 0.05) is 18.9 Å². The molecule has 0 spiro atoms. The number of rotatable bonds is 2. The van der Waals surface area contributed by atoms with Crippen molar-refractivity contribution in [3.05, 3.63) is 35.6 Å². The summed E-state index contributed by atoms with van der Waals surface area (Å²) in [6.07, 6.45) is 4.26. The minimum absolute atomic E-state index is 0.0143. The summed E-state index contributed by atoms with van der Waals surface area (Å²) in [5.41, 5.74) is 0.993. The molecule has 2 aliphatic rings. The maximum absolute atomic E-state index is 13.0. The molecule has 3 rings (SSSR count). The van der Waals surface area contributed by atoms with Crippen LogP contribution in [-0.2, 0) is 9.53 Å². The number of amides is 1. The van der Waals surface area contributed by atoms with Crippen molar-refractivity contribution in [2.45, 2.75) is 50.9 Å². The molecule has 1 aromatic carbocycles. The molecular weight excluding hydrogens is 257 g/mol. The Morgan fingerprint density at radius 1 is 1.30 bits per heavy atom. The van der Waals surface area contributed by atoms with Crippen molar-refractivity contribution in [3.8, 4) is 0 Å². The van der Waals surface area contributed by atoms with E-state index in [-0.39, 0.29) is 30.0 Å². The Bertz CT molecular complexity index is 488. The fourth-order valence-corrected chi connectivity index (χ4v) is 3.58. The molecular formula is C16H20FNO2. The summed E-state index contributed by atoms with van der Waals surface area (Å²) in [7, 11) is 0. The molecule has 2 fully saturated rings. The molecule has 1 N–H and O–H groups in total. The predicted molar refractivity (Wildman–Crippen MR) is 73.6 cm³/mol. The zero-order chi connectivity index (χ0) is 14.1. The van der Waals surface area contributed by atoms with Crippen LogP contribution >= 0.6 is 0 Å². The van der Waals surface area contributed by atoms with Crippen molar-refractivity contribution < 1.29 is 13.9 Å². The number of nitrogens with one attached hydrogen (secondary N) is 1. The van der Waals surface area contributed by atoms with Crippen molar-refractivity contribution in [1.29, 1.82) is 0 Å². The maximum atomic E-state index is 13.0. The number of benzene rings is 1. The highest BCUT2D eigenvalue weighted by Gasteiger charge is 2.42. The van der Waals surface area contributed by atoms with Crippen LogP contribution in [0.2, 0.25) is 0 Å². The van der Waals surface area contributed by atoms with Gasteiger partial charge in [-0.3, -0.25) is 4.79 Å². The lowest BCUT2D eigenvalue weighted by atomic mass is 9.86. The molecule has 1 saturated carbocycles. The third-order valence-electron chi connectivity index (χ3n) is 4.46. The van der Waals surface area contributed by atoms with Gasteiger partial charge in [0.25, 0.3) is 0 Å². The summed E-state index contributed by atoms with van der Waals surface area (Å²) < 4.78 is 19.2. The first-order valence-electron chi connectivity index (χ1n) is 7.31. The van der Waals surface area contributed by atoms with Crippen LogP contribution < -0.4 is 5.32 Å². The average Bonchev–Trinajstić information content (AvgIpc) is 2.87. The van der Waals surface area contributed by atoms with E-state index in [1.807, 2.05) is 0 Å². The summed E-state index contributed by atoms with van der Waals surface area (Å²) in [6.45, 7) is 1.56. The van der Waals surface area contributed by atoms with E-state index in [9.17, 15) is 9.18 Å². The van der Waals surface area contributed by atoms with Crippen LogP contribution in [0.15, 0.2) is 24.3 Å². The number of hydrogen-bond donors (Lipinski definition) is 1. The lowest BCUT2D eigenvalue weighted by Crippen LogP contribution is -2.47. The molecule has 1 aliphatic heterocycles. The van der Waals surface area contributed by atoms with Crippen LogP contribution in [0, 0.1) is 11.7 Å². The first kappa shape index (κ1) is 13.6. The molecule has 20 heavy (non-hydrogen) atoms. The maximum Gasteiger partial charge on any atom is 0.217 e. The Morgan fingerprint density at radius 2 is 2.05 bits per heavy atom. The number of hydrogen-bond acceptors (Lipinski definition) is 2. The number of fused-ring (bicyclic) bond motifs is 1. The minimum atomic E-state index is -0.235. The molecule has 0 bridgehead atoms. The summed E-state index contributed by atoms with van der Waals surface area (Å²) in [5.74, 6) is 0.206. The second kappa shape index (κ2) is 5.52. The van der Waals surface area contributed by atoms with E-state index in [0.717, 1.165) is 31.2 Å². The zero-order valence-electron chi connectivity index (χ0n) is 11.6. The third kappa shape index (κ3) is 2.70. The molecule has 0 radical (unpaired) electrons. The molecule has 0 aromatic heterocycles. The first-order chi connectivity index (χ1) is 9.63. The highest BCUT2D eigenvalue weighted by molar-refractivity contribution is 5.73. The van der Waals surface area contributed by atoms with Gasteiger partial charge in [-0.15, -0.1) is 0 Å². The number of halogens is 1. The summed E-state index contributed by atoms with van der Waals surface area (Å²) in [6, 6.07) is 6.66. The van der Waals surface area contributed by atoms with Crippen LogP contribution in [0.3, 0.4) is 0 Å². The highest BCUT2D eigenvalue weighted by Crippen LogP contribution is 2.42. The van der Waals surface area contributed by atoms with Gasteiger partial charge in [-0.05, 0) is 37.0 Å². The summed E-state index contributed by atoms with van der Waals surface area (Å²) in [4.78, 5) is 11.4. The van der Waals surface area contributed by atoms with Crippen molar-refractivity contribution >= 4 is 5.91 Å². The molecule has 1 amide bonds. The van der Waals surface area contributed by atoms with Gasteiger partial charge in [-0.1, -0.05) is 18.6 Å². The molecule has 1 aliphatic carbocycles. The Hall–Kier alpha value is -1.42. The van der Waals surface area contributed by atoms with Gasteiger partial charge in [0.2, 0.25) is 5.91 Å². The fourth-order valence-electron chi connectivity index (χ4n) is 3.58. The zero-order valence-corrected chi connectivity index (χ0v) is 11.6. The van der Waals surface area contributed by atoms with Gasteiger partial charge in [0.05, 0.1) is 12.2 Å². The minimum Gasteiger partial charge on any atom is -0.370 e. The lowest BCUT2D eigenvalue weighted by Gasteiger charge is -2.39. The second-order valence-corrected chi connectivity index (χ2v) is 5.85. The smallest absolute Gasteiger partial charge is 0.217 e. The quantitative estimate of drug-likeness (QED) is 0.902. The van der Waals surface area contributed by atoms with Gasteiger partial charge >= 0.3 is 0 Å². The summed E-state index contributed by atoms with van der Waals surface area (Å²) in [5, 5.41) is 3.07. The van der Waals surface area contributed by atoms with Crippen molar-refractivity contribution in [2.75, 3.05) is 0 Å². The van der Waals surface area contributed by atoms with Gasteiger partial charge < -0.3 is 10.1 Å². The van der Waals surface area contributed by atoms with Crippen LogP contribution in [-0.4, -0.2) is 18.1 Å². The molecule has 1 saturated heterocycles. The van der Waals surface area contributed by atoms with Crippen LogP contribution in [0.25, 0.3) is 0 Å². The largest absolute Gasteiger partial charge is 0.370 e. The highest BCUT2D eigenvalue weighted by atomic mass is 19.1. The van der Waals surface area contributed by atoms with E-state index in [2.05, 4.69) is 5.32 Å². The Morgan fingerprint density at radius 3 is 2.75 bits per heavy atom. The molecule has 1 heterocycles. The number of carbonyl (C=O) groups excluding carboxylic acids is 1. The molecule has 108 valence electrons. The van der Waals surface area contributed by atoms with E-state index in [0.29, 0.717) is 5.92 Å². The topological polar surface area (TPSA) is 38.3 Å². The number of ether oxygens (including phenoxy) is 1. The normalized spacial score (nSPS) is 32.7. The second-order valence-electron chi connectivity index (χ2n) is 5.85. The standard InChI is InChI=1S/C16H20FNO2/c1-10(19)18-14-9-16(11-5-7-12(17)8-6-11)20-15-4-2-3-13(14)15/h5-8,13-16H,2-4,9H2,1H3,(H,18,19)/t13-,14+,15+,16+/m0/s1. The SMILES string of the molecule is CC(=O)N[C@@H]1C[C@H](c2ccc(F)cc2)O[C@@H]2CCC[C@@H]12. The van der Waals surface area contributed by atoms with Gasteiger partial charge in [0.1, 0.15) is 5.82 Å². The van der Waals surface area contributed by atoms with E-state index >= 15 is 0 Å². The summed E-state index contributed by atoms with van der Waals surface area (Å²) >= 11 is 0. The van der Waals surface area contributed by atoms with E-state index < -0.39 is 0 Å². The Labute approximate surface area is 118 Å². The Balaban J connectivity index is 1.79. The fraction of sp³-hybridized carbons (Fsp3) is 0.562. The average molecular weight is 277 g/mol. The molecule has 4 atom stereocenters. The van der Waals surface area contributed by atoms with E-state index in [1.165, 1.54) is 12.1 Å². The Kier molecular flexibility index (Phi) is 3.74. The van der Waals surface area contributed by atoms with Crippen molar-refractivity contribution in [2.24, 2.45) is 5.92 Å². The van der Waals surface area contributed by atoms with Crippen molar-refractivity contribution in [3.63, 3.8) is 0 Å². The number of carbonyl (C=O) groups is 1. The predicted octanol–water partition coefficient (Wildman–Crippen LogP) is 2.96. The molecule has 0 unspecified atom stereocenters. The lowest BCUT2D eigenvalue weighted by molar-refractivity contribution is -0.124. The van der Waals surface area contributed by atoms with Crippen LogP contribution in [0.4, 0.5) is 4.39 Å². The third-order valence-corrected chi connectivity index (χ3v) is 4.46.